The molecule has 3 nitrogen and oxygen atoms in total. The number of rotatable bonds is 3. The molecule has 1 aromatic rings. The maximum atomic E-state index is 11.7. The number of nitrogens with one attached hydrogen (secondary N) is 1. The minimum absolute atomic E-state index is 0.0477. The van der Waals surface area contributed by atoms with Crippen molar-refractivity contribution in [1.29, 1.82) is 0 Å². The van der Waals surface area contributed by atoms with Gasteiger partial charge >= 0.3 is 0 Å². The number of amides is 1. The number of carbonyl (C=O) groups excluding carboxylic acids is 1. The molecule has 0 saturated heterocycles. The fraction of sp³-hybridized carbons (Fsp3) is 0.364. The van der Waals surface area contributed by atoms with Crippen LogP contribution in [-0.4, -0.2) is 18.5 Å². The van der Waals surface area contributed by atoms with Crippen molar-refractivity contribution in [2.24, 2.45) is 5.73 Å². The standard InChI is InChI=1S/C11H15ClN2O/c1-7-3-4-9(12)5-10(7)11(15)14-6-8(2)13/h3-5,8H,6,13H2,1-2H3,(H,14,15). The lowest BCUT2D eigenvalue weighted by atomic mass is 10.1. The molecule has 15 heavy (non-hydrogen) atoms. The first-order chi connectivity index (χ1) is 7.00. The van der Waals surface area contributed by atoms with Gasteiger partial charge in [-0.3, -0.25) is 4.79 Å². The summed E-state index contributed by atoms with van der Waals surface area (Å²) in [6.07, 6.45) is 0. The second kappa shape index (κ2) is 5.14. The minimum Gasteiger partial charge on any atom is -0.350 e. The molecule has 0 aliphatic rings. The lowest BCUT2D eigenvalue weighted by Gasteiger charge is -2.09. The summed E-state index contributed by atoms with van der Waals surface area (Å²) in [7, 11) is 0. The number of benzene rings is 1. The summed E-state index contributed by atoms with van der Waals surface area (Å²) >= 11 is 5.82. The van der Waals surface area contributed by atoms with Crippen molar-refractivity contribution in [1.82, 2.24) is 5.32 Å². The van der Waals surface area contributed by atoms with Gasteiger partial charge in [0.05, 0.1) is 0 Å². The van der Waals surface area contributed by atoms with Gasteiger partial charge in [0.2, 0.25) is 0 Å². The summed E-state index contributed by atoms with van der Waals surface area (Å²) in [6.45, 7) is 4.17. The third kappa shape index (κ3) is 3.53. The number of nitrogens with two attached hydrogens (primary N) is 1. The zero-order chi connectivity index (χ0) is 11.4. The largest absolute Gasteiger partial charge is 0.350 e. The van der Waals surface area contributed by atoms with E-state index in [-0.39, 0.29) is 11.9 Å². The van der Waals surface area contributed by atoms with Crippen LogP contribution in [-0.2, 0) is 0 Å². The van der Waals surface area contributed by atoms with Crippen molar-refractivity contribution in [3.63, 3.8) is 0 Å². The van der Waals surface area contributed by atoms with Gasteiger partial charge in [-0.15, -0.1) is 0 Å². The van der Waals surface area contributed by atoms with Crippen molar-refractivity contribution >= 4 is 17.5 Å². The SMILES string of the molecule is Cc1ccc(Cl)cc1C(=O)NCC(C)N. The van der Waals surface area contributed by atoms with E-state index in [0.717, 1.165) is 5.56 Å². The average molecular weight is 227 g/mol. The van der Waals surface area contributed by atoms with Gasteiger partial charge in [0.15, 0.2) is 0 Å². The van der Waals surface area contributed by atoms with Crippen LogP contribution in [0.25, 0.3) is 0 Å². The van der Waals surface area contributed by atoms with E-state index in [2.05, 4.69) is 5.32 Å². The fourth-order valence-electron chi connectivity index (χ4n) is 1.19. The Hall–Kier alpha value is -1.06. The molecule has 0 aliphatic heterocycles. The van der Waals surface area contributed by atoms with Gasteiger partial charge in [0.1, 0.15) is 0 Å². The summed E-state index contributed by atoms with van der Waals surface area (Å²) < 4.78 is 0. The van der Waals surface area contributed by atoms with Gasteiger partial charge in [0, 0.05) is 23.2 Å². The van der Waals surface area contributed by atoms with E-state index < -0.39 is 0 Å². The zero-order valence-corrected chi connectivity index (χ0v) is 9.64. The second-order valence-electron chi connectivity index (χ2n) is 3.65. The van der Waals surface area contributed by atoms with Gasteiger partial charge in [-0.25, -0.2) is 0 Å². The maximum absolute atomic E-state index is 11.7. The lowest BCUT2D eigenvalue weighted by molar-refractivity contribution is 0.0951. The molecule has 0 bridgehead atoms. The van der Waals surface area contributed by atoms with Gasteiger partial charge in [-0.05, 0) is 31.5 Å². The Kier molecular flexibility index (Phi) is 4.12. The minimum atomic E-state index is -0.132. The predicted octanol–water partition coefficient (Wildman–Crippen LogP) is 1.73. The van der Waals surface area contributed by atoms with Gasteiger partial charge < -0.3 is 11.1 Å². The van der Waals surface area contributed by atoms with Crippen LogP contribution in [0.5, 0.6) is 0 Å². The second-order valence-corrected chi connectivity index (χ2v) is 4.08. The normalized spacial score (nSPS) is 12.3. The smallest absolute Gasteiger partial charge is 0.251 e. The van der Waals surface area contributed by atoms with Gasteiger partial charge in [-0.1, -0.05) is 17.7 Å². The van der Waals surface area contributed by atoms with E-state index >= 15 is 0 Å². The van der Waals surface area contributed by atoms with Crippen LogP contribution in [0.2, 0.25) is 5.02 Å². The van der Waals surface area contributed by atoms with Crippen LogP contribution in [0, 0.1) is 6.92 Å². The van der Waals surface area contributed by atoms with Crippen LogP contribution in [0.1, 0.15) is 22.8 Å². The molecule has 0 aliphatic carbocycles. The van der Waals surface area contributed by atoms with E-state index in [4.69, 9.17) is 17.3 Å². The molecule has 4 heteroatoms. The van der Waals surface area contributed by atoms with Gasteiger partial charge in [-0.2, -0.15) is 0 Å². The molecule has 82 valence electrons. The van der Waals surface area contributed by atoms with Crippen LogP contribution in [0.3, 0.4) is 0 Å². The van der Waals surface area contributed by atoms with Crippen LogP contribution in [0.15, 0.2) is 18.2 Å². The quantitative estimate of drug-likeness (QED) is 0.825. The Morgan fingerprint density at radius 2 is 2.27 bits per heavy atom. The first-order valence-corrected chi connectivity index (χ1v) is 5.18. The highest BCUT2D eigenvalue weighted by molar-refractivity contribution is 6.31. The number of halogens is 1. The molecule has 0 aromatic heterocycles. The van der Waals surface area contributed by atoms with Crippen LogP contribution >= 0.6 is 11.6 Å². The maximum Gasteiger partial charge on any atom is 0.251 e. The van der Waals surface area contributed by atoms with E-state index in [1.807, 2.05) is 19.9 Å². The predicted molar refractivity (Wildman–Crippen MR) is 62.2 cm³/mol. The average Bonchev–Trinajstić information content (AvgIpc) is 2.18. The molecule has 0 saturated carbocycles. The molecular formula is C11H15ClN2O. The molecule has 3 N–H and O–H groups in total. The third-order valence-corrected chi connectivity index (χ3v) is 2.26. The zero-order valence-electron chi connectivity index (χ0n) is 8.88. The van der Waals surface area contributed by atoms with Crippen LogP contribution < -0.4 is 11.1 Å². The van der Waals surface area contributed by atoms with Crippen LogP contribution in [0.4, 0.5) is 0 Å². The number of hydrogen-bond acceptors (Lipinski definition) is 2. The monoisotopic (exact) mass is 226 g/mol. The summed E-state index contributed by atoms with van der Waals surface area (Å²) in [6, 6.07) is 5.20. The molecule has 1 amide bonds. The first-order valence-electron chi connectivity index (χ1n) is 4.80. The van der Waals surface area contributed by atoms with E-state index in [1.165, 1.54) is 0 Å². The van der Waals surface area contributed by atoms with Crippen molar-refractivity contribution in [2.75, 3.05) is 6.54 Å². The number of aryl methyl sites for hydroxylation is 1. The van der Waals surface area contributed by atoms with Crippen molar-refractivity contribution in [3.05, 3.63) is 34.3 Å². The van der Waals surface area contributed by atoms with Crippen molar-refractivity contribution < 1.29 is 4.79 Å². The molecule has 1 unspecified atom stereocenters. The highest BCUT2D eigenvalue weighted by Gasteiger charge is 2.09. The summed E-state index contributed by atoms with van der Waals surface area (Å²) in [5.41, 5.74) is 7.05. The number of carbonyl (C=O) groups is 1. The van der Waals surface area contributed by atoms with Crippen molar-refractivity contribution in [3.8, 4) is 0 Å². The Labute approximate surface area is 94.6 Å². The summed E-state index contributed by atoms with van der Waals surface area (Å²) in [5, 5.41) is 3.31. The highest BCUT2D eigenvalue weighted by Crippen LogP contribution is 2.15. The Bertz CT molecular complexity index is 364. The highest BCUT2D eigenvalue weighted by atomic mass is 35.5. The first kappa shape index (κ1) is 12.0. The van der Waals surface area contributed by atoms with E-state index in [1.54, 1.807) is 12.1 Å². The molecule has 0 radical (unpaired) electrons. The Balaban J connectivity index is 2.77. The van der Waals surface area contributed by atoms with Gasteiger partial charge in [0.25, 0.3) is 5.91 Å². The number of hydrogen-bond donors (Lipinski definition) is 2. The molecular weight excluding hydrogens is 212 g/mol. The Morgan fingerprint density at radius 1 is 1.60 bits per heavy atom. The van der Waals surface area contributed by atoms with E-state index in [0.29, 0.717) is 17.1 Å². The molecule has 1 aromatic carbocycles. The molecule has 1 rings (SSSR count). The third-order valence-electron chi connectivity index (χ3n) is 2.03. The molecule has 0 fully saturated rings. The fourth-order valence-corrected chi connectivity index (χ4v) is 1.36. The Morgan fingerprint density at radius 3 is 2.87 bits per heavy atom. The summed E-state index contributed by atoms with van der Waals surface area (Å²) in [4.78, 5) is 11.7. The summed E-state index contributed by atoms with van der Waals surface area (Å²) in [5.74, 6) is -0.132. The van der Waals surface area contributed by atoms with Crippen molar-refractivity contribution in [2.45, 2.75) is 19.9 Å². The van der Waals surface area contributed by atoms with E-state index in [9.17, 15) is 4.79 Å². The lowest BCUT2D eigenvalue weighted by Crippen LogP contribution is -2.35. The topological polar surface area (TPSA) is 55.1 Å². The molecule has 1 atom stereocenters. The molecule has 0 heterocycles. The molecule has 0 spiro atoms.